The maximum atomic E-state index is 11.5. The number of hydrogen-bond donors (Lipinski definition) is 1. The summed E-state index contributed by atoms with van der Waals surface area (Å²) in [5, 5.41) is 8.54. The molecule has 0 heterocycles. The minimum Gasteiger partial charge on any atom is -0.460 e. The van der Waals surface area contributed by atoms with Crippen molar-refractivity contribution in [3.63, 3.8) is 0 Å². The van der Waals surface area contributed by atoms with Crippen molar-refractivity contribution >= 4 is 11.9 Å². The van der Waals surface area contributed by atoms with Gasteiger partial charge in [-0.05, 0) is 39.0 Å². The Kier molecular flexibility index (Phi) is 24.7. The largest absolute Gasteiger partial charge is 0.460 e. The van der Waals surface area contributed by atoms with Crippen LogP contribution < -0.4 is 0 Å². The first-order valence-corrected chi connectivity index (χ1v) is 15.5. The first-order chi connectivity index (χ1) is 17.4. The summed E-state index contributed by atoms with van der Waals surface area (Å²) >= 11 is 0. The molecule has 0 aliphatic rings. The molecule has 0 aliphatic carbocycles. The molecule has 1 atom stereocenters. The molecule has 0 bridgehead atoms. The Bertz CT molecular complexity index is 530. The Balaban J connectivity index is 0. The maximum absolute atomic E-state index is 11.5. The molecule has 0 aromatic rings. The molecule has 0 radical (unpaired) electrons. The second kappa shape index (κ2) is 24.0. The minimum absolute atomic E-state index is 0.0505. The Labute approximate surface area is 230 Å². The zero-order chi connectivity index (χ0) is 28.6. The molecule has 0 saturated carbocycles. The molecule has 0 aliphatic heterocycles. The van der Waals surface area contributed by atoms with Crippen molar-refractivity contribution in [3.8, 4) is 0 Å². The van der Waals surface area contributed by atoms with Gasteiger partial charge in [-0.25, -0.2) is 4.79 Å². The Morgan fingerprint density at radius 2 is 1.00 bits per heavy atom. The van der Waals surface area contributed by atoms with Gasteiger partial charge in [0.1, 0.15) is 5.60 Å². The fraction of sp³-hybridized carbons (Fsp3) is 0.938. The van der Waals surface area contributed by atoms with Crippen LogP contribution in [0.2, 0.25) is 0 Å². The Morgan fingerprint density at radius 1 is 0.622 bits per heavy atom. The maximum Gasteiger partial charge on any atom is 0.345 e. The minimum atomic E-state index is -0.490. The van der Waals surface area contributed by atoms with Gasteiger partial charge in [-0.2, -0.15) is 5.26 Å². The second-order valence-electron chi connectivity index (χ2n) is 12.8. The fourth-order valence-corrected chi connectivity index (χ4v) is 4.42. The first kappa shape index (κ1) is 38.0. The van der Waals surface area contributed by atoms with Crippen LogP contribution in [0, 0.1) is 11.3 Å². The van der Waals surface area contributed by atoms with Gasteiger partial charge >= 0.3 is 11.9 Å². The Hall–Kier alpha value is -1.10. The van der Waals surface area contributed by atoms with E-state index in [0.717, 1.165) is 32.1 Å². The molecule has 0 rings (SSSR count). The summed E-state index contributed by atoms with van der Waals surface area (Å²) in [4.78, 5) is 26.9. The average Bonchev–Trinajstić information content (AvgIpc) is 2.80. The van der Waals surface area contributed by atoms with E-state index in [1.54, 1.807) is 0 Å². The fourth-order valence-electron chi connectivity index (χ4n) is 4.42. The van der Waals surface area contributed by atoms with Crippen LogP contribution in [0.3, 0.4) is 0 Å². The Morgan fingerprint density at radius 3 is 1.35 bits per heavy atom. The van der Waals surface area contributed by atoms with Crippen LogP contribution in [0.25, 0.3) is 0 Å². The number of rotatable bonds is 20. The molecule has 0 fully saturated rings. The average molecular weight is 529 g/mol. The van der Waals surface area contributed by atoms with Gasteiger partial charge in [-0.15, -0.1) is 0 Å². The van der Waals surface area contributed by atoms with E-state index in [0.29, 0.717) is 6.42 Å². The van der Waals surface area contributed by atoms with Gasteiger partial charge < -0.3 is 9.62 Å². The highest BCUT2D eigenvalue weighted by Crippen LogP contribution is 2.31. The zero-order valence-corrected chi connectivity index (χ0v) is 26.1. The predicted molar refractivity (Wildman–Crippen MR) is 157 cm³/mol. The van der Waals surface area contributed by atoms with E-state index in [9.17, 15) is 9.59 Å². The lowest BCUT2D eigenvalue weighted by Gasteiger charge is -2.27. The highest BCUT2D eigenvalue weighted by atomic mass is 17.1. The second-order valence-corrected chi connectivity index (χ2v) is 12.8. The van der Waals surface area contributed by atoms with Crippen molar-refractivity contribution in [2.45, 2.75) is 183 Å². The van der Waals surface area contributed by atoms with Crippen LogP contribution >= 0.6 is 0 Å². The molecule has 5 nitrogen and oxygen atoms in total. The van der Waals surface area contributed by atoms with Crippen LogP contribution in [0.5, 0.6) is 0 Å². The highest BCUT2D eigenvalue weighted by molar-refractivity contribution is 5.72. The number of esters is 1. The quantitative estimate of drug-likeness (QED) is 0.0736. The molecule has 0 spiro atoms. The SMILES string of the molecule is CCCCCCCCCCC(C(=O)OO)C(C)(C)C.CCCCCCCCCCCC(=O)OC(C)(C)C. The number of ether oxygens (including phenoxy) is 1. The summed E-state index contributed by atoms with van der Waals surface area (Å²) in [5.41, 5.74) is -0.489. The molecule has 0 aromatic carbocycles. The predicted octanol–water partition coefficient (Wildman–Crippen LogP) is 10.4. The van der Waals surface area contributed by atoms with Crippen molar-refractivity contribution in [1.82, 2.24) is 0 Å². The van der Waals surface area contributed by atoms with Crippen LogP contribution in [-0.4, -0.2) is 22.8 Å². The van der Waals surface area contributed by atoms with Crippen LogP contribution in [0.15, 0.2) is 0 Å². The summed E-state index contributed by atoms with van der Waals surface area (Å²) in [5.74, 6) is -0.751. The van der Waals surface area contributed by atoms with Crippen molar-refractivity contribution in [2.24, 2.45) is 11.3 Å². The molecule has 0 saturated heterocycles. The van der Waals surface area contributed by atoms with Gasteiger partial charge in [0.2, 0.25) is 0 Å². The van der Waals surface area contributed by atoms with Crippen LogP contribution in [0.4, 0.5) is 0 Å². The van der Waals surface area contributed by atoms with Crippen molar-refractivity contribution < 1.29 is 24.5 Å². The number of carbonyl (C=O) groups is 2. The first-order valence-electron chi connectivity index (χ1n) is 15.5. The molecule has 37 heavy (non-hydrogen) atoms. The van der Waals surface area contributed by atoms with Crippen molar-refractivity contribution in [2.75, 3.05) is 0 Å². The van der Waals surface area contributed by atoms with Gasteiger partial charge in [0.25, 0.3) is 0 Å². The van der Waals surface area contributed by atoms with Gasteiger partial charge in [0.05, 0.1) is 5.92 Å². The molecule has 5 heteroatoms. The lowest BCUT2D eigenvalue weighted by atomic mass is 9.78. The van der Waals surface area contributed by atoms with E-state index >= 15 is 0 Å². The number of hydrogen-bond acceptors (Lipinski definition) is 5. The third kappa shape index (κ3) is 27.7. The van der Waals surface area contributed by atoms with E-state index in [1.165, 1.54) is 83.5 Å². The molecular formula is C32H64O5. The molecule has 222 valence electrons. The van der Waals surface area contributed by atoms with Gasteiger partial charge in [-0.3, -0.25) is 4.79 Å². The number of carbonyl (C=O) groups excluding carboxylic acids is 2. The monoisotopic (exact) mass is 528 g/mol. The summed E-state index contributed by atoms with van der Waals surface area (Å²) < 4.78 is 5.27. The third-order valence-electron chi connectivity index (χ3n) is 6.67. The standard InChI is InChI=1S/C16H32O3.C16H32O2/c1-5-6-7-8-9-10-11-12-13-14(15(17)19-18)16(2,3)4;1-5-6-7-8-9-10-11-12-13-14-15(17)18-16(2,3)4/h14,18H,5-13H2,1-4H3;5-14H2,1-4H3. The topological polar surface area (TPSA) is 72.8 Å². The summed E-state index contributed by atoms with van der Waals surface area (Å²) in [7, 11) is 0. The lowest BCUT2D eigenvalue weighted by Crippen LogP contribution is -2.29. The van der Waals surface area contributed by atoms with E-state index in [1.807, 2.05) is 41.5 Å². The van der Waals surface area contributed by atoms with Gasteiger partial charge in [0, 0.05) is 6.42 Å². The van der Waals surface area contributed by atoms with Crippen LogP contribution in [-0.2, 0) is 19.2 Å². The molecule has 1 unspecified atom stereocenters. The van der Waals surface area contributed by atoms with Gasteiger partial charge in [-0.1, -0.05) is 137 Å². The van der Waals surface area contributed by atoms with Crippen molar-refractivity contribution in [3.05, 3.63) is 0 Å². The van der Waals surface area contributed by atoms with E-state index in [-0.39, 0.29) is 22.9 Å². The molecule has 0 aromatic heterocycles. The van der Waals surface area contributed by atoms with E-state index < -0.39 is 5.97 Å². The smallest absolute Gasteiger partial charge is 0.345 e. The summed E-state index contributed by atoms with van der Waals surface area (Å²) in [6.45, 7) is 16.3. The number of unbranched alkanes of at least 4 members (excludes halogenated alkanes) is 15. The van der Waals surface area contributed by atoms with Crippen LogP contribution in [0.1, 0.15) is 177 Å². The van der Waals surface area contributed by atoms with E-state index in [4.69, 9.17) is 9.99 Å². The summed E-state index contributed by atoms with van der Waals surface area (Å²) in [6.07, 6.45) is 22.9. The normalized spacial score (nSPS) is 12.5. The molecule has 1 N–H and O–H groups in total. The molecule has 0 amide bonds. The van der Waals surface area contributed by atoms with E-state index in [2.05, 4.69) is 18.7 Å². The third-order valence-corrected chi connectivity index (χ3v) is 6.67. The van der Waals surface area contributed by atoms with Crippen molar-refractivity contribution in [1.29, 1.82) is 0 Å². The molecular weight excluding hydrogens is 464 g/mol. The highest BCUT2D eigenvalue weighted by Gasteiger charge is 2.32. The lowest BCUT2D eigenvalue weighted by molar-refractivity contribution is -0.242. The summed E-state index contributed by atoms with van der Waals surface area (Å²) in [6, 6.07) is 0. The van der Waals surface area contributed by atoms with Gasteiger partial charge in [0.15, 0.2) is 0 Å². The zero-order valence-electron chi connectivity index (χ0n) is 26.1.